The number of rotatable bonds is 5. The highest BCUT2D eigenvalue weighted by molar-refractivity contribution is 8.08. The van der Waals surface area contributed by atoms with Crippen LogP contribution in [0.4, 0.5) is 0 Å². The Morgan fingerprint density at radius 1 is 1.33 bits per heavy atom. The Bertz CT molecular complexity index is 85.1. The van der Waals surface area contributed by atoms with Crippen LogP contribution in [0.3, 0.4) is 0 Å². The van der Waals surface area contributed by atoms with E-state index in [0.29, 0.717) is 5.75 Å². The predicted molar refractivity (Wildman–Crippen MR) is 43.0 cm³/mol. The minimum atomic E-state index is -1.10. The fourth-order valence-corrected chi connectivity index (χ4v) is 1.40. The Morgan fingerprint density at radius 2 is 2.00 bits per heavy atom. The topological polar surface area (TPSA) is 17.1 Å². The third-order valence-corrected chi connectivity index (χ3v) is 2.23. The van der Waals surface area contributed by atoms with Gasteiger partial charge in [-0.3, -0.25) is 0 Å². The summed E-state index contributed by atoms with van der Waals surface area (Å²) in [6.45, 7) is 2.15. The van der Waals surface area contributed by atoms with E-state index in [2.05, 4.69) is 6.92 Å². The Hall–Kier alpha value is 0.440. The zero-order valence-electron chi connectivity index (χ0n) is 5.73. The average molecular weight is 169 g/mol. The van der Waals surface area contributed by atoms with Crippen molar-refractivity contribution in [2.24, 2.45) is 0 Å². The number of unbranched alkanes of at least 4 members (excludes halogenated alkanes) is 3. The molecule has 0 saturated carbocycles. The molecule has 0 rings (SSSR count). The molecule has 0 fully saturated rings. The zero-order chi connectivity index (χ0) is 7.11. The fraction of sp³-hybridized carbons (Fsp3) is 1.00. The van der Waals surface area contributed by atoms with Gasteiger partial charge in [0.25, 0.3) is 0 Å². The van der Waals surface area contributed by atoms with Crippen molar-refractivity contribution in [2.45, 2.75) is 32.6 Å². The maximum Gasteiger partial charge on any atom is 0.114 e. The lowest BCUT2D eigenvalue weighted by Gasteiger charge is -1.93. The summed E-state index contributed by atoms with van der Waals surface area (Å²) >= 11 is 0. The average Bonchev–Trinajstić information content (AvgIpc) is 1.80. The van der Waals surface area contributed by atoms with Gasteiger partial charge in [0.2, 0.25) is 0 Å². The summed E-state index contributed by atoms with van der Waals surface area (Å²) in [6.07, 6.45) is 4.61. The second kappa shape index (κ2) is 6.56. The van der Waals surface area contributed by atoms with Crippen LogP contribution < -0.4 is 0 Å². The summed E-state index contributed by atoms with van der Waals surface area (Å²) < 4.78 is 10.3. The Kier molecular flexibility index (Phi) is 6.88. The van der Waals surface area contributed by atoms with Crippen molar-refractivity contribution in [1.29, 1.82) is 0 Å². The second-order valence-electron chi connectivity index (χ2n) is 2.05. The van der Waals surface area contributed by atoms with Crippen molar-refractivity contribution < 1.29 is 4.21 Å². The van der Waals surface area contributed by atoms with Gasteiger partial charge >= 0.3 is 0 Å². The third-order valence-electron chi connectivity index (χ3n) is 1.16. The van der Waals surface area contributed by atoms with Gasteiger partial charge in [0, 0.05) is 5.75 Å². The molecule has 3 heteroatoms. The van der Waals surface area contributed by atoms with Crippen molar-refractivity contribution in [3.05, 3.63) is 0 Å². The molecule has 0 aliphatic rings. The van der Waals surface area contributed by atoms with Gasteiger partial charge in [0.15, 0.2) is 0 Å². The minimum Gasteiger partial charge on any atom is -0.243 e. The van der Waals surface area contributed by atoms with Gasteiger partial charge in [-0.25, -0.2) is 4.21 Å². The molecule has 0 aliphatic heterocycles. The Morgan fingerprint density at radius 3 is 2.44 bits per heavy atom. The largest absolute Gasteiger partial charge is 0.243 e. The molecule has 1 atom stereocenters. The maximum atomic E-state index is 10.3. The Labute approximate surface area is 63.7 Å². The molecule has 0 aliphatic carbocycles. The molecule has 1 unspecified atom stereocenters. The third kappa shape index (κ3) is 8.44. The van der Waals surface area contributed by atoms with Crippen molar-refractivity contribution >= 4 is 20.7 Å². The SMILES string of the molecule is CCCCCCS(=O)Cl. The van der Waals surface area contributed by atoms with Crippen LogP contribution in [-0.4, -0.2) is 9.96 Å². The molecule has 0 radical (unpaired) electrons. The normalized spacial score (nSPS) is 13.6. The summed E-state index contributed by atoms with van der Waals surface area (Å²) in [4.78, 5) is 0. The van der Waals surface area contributed by atoms with Gasteiger partial charge in [-0.05, 0) is 17.1 Å². The van der Waals surface area contributed by atoms with E-state index in [1.54, 1.807) is 0 Å². The molecule has 0 saturated heterocycles. The highest BCUT2D eigenvalue weighted by atomic mass is 35.7. The van der Waals surface area contributed by atoms with Gasteiger partial charge in [0.05, 0.1) is 0 Å². The number of hydrogen-bond donors (Lipinski definition) is 0. The van der Waals surface area contributed by atoms with Crippen LogP contribution in [0.15, 0.2) is 0 Å². The highest BCUT2D eigenvalue weighted by Crippen LogP contribution is 2.01. The molecule has 0 aromatic carbocycles. The van der Waals surface area contributed by atoms with E-state index in [-0.39, 0.29) is 0 Å². The molecule has 1 nitrogen and oxygen atoms in total. The van der Waals surface area contributed by atoms with E-state index in [1.807, 2.05) is 0 Å². The first-order valence-electron chi connectivity index (χ1n) is 3.32. The van der Waals surface area contributed by atoms with Crippen LogP contribution in [-0.2, 0) is 10.0 Å². The van der Waals surface area contributed by atoms with Crippen molar-refractivity contribution in [2.75, 3.05) is 5.75 Å². The molecular formula is C6H13ClOS. The van der Waals surface area contributed by atoms with Gasteiger partial charge in [-0.2, -0.15) is 0 Å². The maximum absolute atomic E-state index is 10.3. The van der Waals surface area contributed by atoms with Crippen LogP contribution in [0.25, 0.3) is 0 Å². The van der Waals surface area contributed by atoms with Crippen LogP contribution in [0.1, 0.15) is 32.6 Å². The molecule has 56 valence electrons. The van der Waals surface area contributed by atoms with Crippen LogP contribution >= 0.6 is 10.7 Å². The van der Waals surface area contributed by atoms with E-state index in [0.717, 1.165) is 12.8 Å². The molecular weight excluding hydrogens is 156 g/mol. The zero-order valence-corrected chi connectivity index (χ0v) is 7.30. The van der Waals surface area contributed by atoms with Gasteiger partial charge < -0.3 is 0 Å². The molecule has 0 aromatic rings. The summed E-state index contributed by atoms with van der Waals surface area (Å²) in [5.41, 5.74) is 0. The standard InChI is InChI=1S/C6H13ClOS/c1-2-3-4-5-6-9(7)8/h2-6H2,1H3. The lowest BCUT2D eigenvalue weighted by molar-refractivity contribution is 0.675. The van der Waals surface area contributed by atoms with E-state index in [9.17, 15) is 4.21 Å². The summed E-state index contributed by atoms with van der Waals surface area (Å²) in [6, 6.07) is 0. The first-order valence-corrected chi connectivity index (χ1v) is 5.46. The monoisotopic (exact) mass is 168 g/mol. The summed E-state index contributed by atoms with van der Waals surface area (Å²) in [5, 5.41) is 0. The smallest absolute Gasteiger partial charge is 0.114 e. The number of halogens is 1. The van der Waals surface area contributed by atoms with Crippen LogP contribution in [0, 0.1) is 0 Å². The van der Waals surface area contributed by atoms with Crippen LogP contribution in [0.5, 0.6) is 0 Å². The number of hydrogen-bond acceptors (Lipinski definition) is 1. The first-order chi connectivity index (χ1) is 4.27. The predicted octanol–water partition coefficient (Wildman–Crippen LogP) is 2.47. The van der Waals surface area contributed by atoms with Crippen molar-refractivity contribution in [3.63, 3.8) is 0 Å². The van der Waals surface area contributed by atoms with E-state index in [4.69, 9.17) is 10.7 Å². The van der Waals surface area contributed by atoms with E-state index < -0.39 is 10.0 Å². The molecule has 0 aromatic heterocycles. The minimum absolute atomic E-state index is 0.654. The fourth-order valence-electron chi connectivity index (χ4n) is 0.642. The van der Waals surface area contributed by atoms with E-state index >= 15 is 0 Å². The molecule has 0 spiro atoms. The molecule has 9 heavy (non-hydrogen) atoms. The van der Waals surface area contributed by atoms with Crippen molar-refractivity contribution in [1.82, 2.24) is 0 Å². The first kappa shape index (κ1) is 9.44. The van der Waals surface area contributed by atoms with Crippen LogP contribution in [0.2, 0.25) is 0 Å². The van der Waals surface area contributed by atoms with Crippen molar-refractivity contribution in [3.8, 4) is 0 Å². The van der Waals surface area contributed by atoms with Gasteiger partial charge in [-0.15, -0.1) is 0 Å². The second-order valence-corrected chi connectivity index (χ2v) is 4.08. The lowest BCUT2D eigenvalue weighted by Crippen LogP contribution is -1.87. The quantitative estimate of drug-likeness (QED) is 0.456. The molecule has 0 bridgehead atoms. The van der Waals surface area contributed by atoms with Gasteiger partial charge in [-0.1, -0.05) is 26.2 Å². The summed E-state index contributed by atoms with van der Waals surface area (Å²) in [7, 11) is 4.13. The van der Waals surface area contributed by atoms with Gasteiger partial charge in [0.1, 0.15) is 10.0 Å². The molecule has 0 heterocycles. The lowest BCUT2D eigenvalue weighted by atomic mass is 10.2. The molecule has 0 amide bonds. The Balaban J connectivity index is 2.83. The van der Waals surface area contributed by atoms with E-state index in [1.165, 1.54) is 12.8 Å². The molecule has 0 N–H and O–H groups in total. The highest BCUT2D eigenvalue weighted by Gasteiger charge is 1.91. The summed E-state index contributed by atoms with van der Waals surface area (Å²) in [5.74, 6) is 0.654.